The highest BCUT2D eigenvalue weighted by molar-refractivity contribution is 7.80. The van der Waals surface area contributed by atoms with E-state index in [0.29, 0.717) is 21.6 Å². The number of nitrogens with one attached hydrogen (secondary N) is 2. The van der Waals surface area contributed by atoms with Crippen molar-refractivity contribution in [2.75, 3.05) is 11.9 Å². The number of hydrogen-bond acceptors (Lipinski definition) is 2. The van der Waals surface area contributed by atoms with Crippen LogP contribution in [0.5, 0.6) is 0 Å². The van der Waals surface area contributed by atoms with Crippen LogP contribution < -0.4 is 10.6 Å². The summed E-state index contributed by atoms with van der Waals surface area (Å²) in [5.41, 5.74) is 1.23. The molecule has 1 aromatic rings. The van der Waals surface area contributed by atoms with Crippen LogP contribution in [0, 0.1) is 17.2 Å². The molecule has 1 rings (SSSR count). The average molecular weight is 268 g/mol. The molecule has 0 amide bonds. The highest BCUT2D eigenvalue weighted by Crippen LogP contribution is 2.19. The molecule has 0 aliphatic rings. The molecule has 0 radical (unpaired) electrons. The van der Waals surface area contributed by atoms with Gasteiger partial charge in [0, 0.05) is 12.2 Å². The van der Waals surface area contributed by atoms with E-state index in [1.807, 2.05) is 6.07 Å². The topological polar surface area (TPSA) is 47.8 Å². The molecule has 0 aliphatic carbocycles. The second kappa shape index (κ2) is 6.43. The third kappa shape index (κ3) is 4.59. The molecule has 0 spiro atoms. The third-order valence-corrected chi connectivity index (χ3v) is 2.58. The summed E-state index contributed by atoms with van der Waals surface area (Å²) in [6, 6.07) is 7.13. The normalized spacial score (nSPS) is 9.82. The molecule has 17 heavy (non-hydrogen) atoms. The highest BCUT2D eigenvalue weighted by atomic mass is 35.5. The standard InChI is InChI=1S/C12H14ClN3S/c1-8(2)7-15-12(17)16-10-4-3-9(6-14)11(13)5-10/h3-5,8H,7H2,1-2H3,(H2,15,16,17). The summed E-state index contributed by atoms with van der Waals surface area (Å²) in [7, 11) is 0. The lowest BCUT2D eigenvalue weighted by atomic mass is 10.2. The Hall–Kier alpha value is -1.31. The summed E-state index contributed by atoms with van der Waals surface area (Å²) in [4.78, 5) is 0. The maximum atomic E-state index is 8.74. The second-order valence-corrected chi connectivity index (χ2v) is 4.85. The van der Waals surface area contributed by atoms with Crippen molar-refractivity contribution in [3.63, 3.8) is 0 Å². The van der Waals surface area contributed by atoms with Crippen molar-refractivity contribution < 1.29 is 0 Å². The van der Waals surface area contributed by atoms with Gasteiger partial charge in [0.05, 0.1) is 10.6 Å². The van der Waals surface area contributed by atoms with E-state index in [-0.39, 0.29) is 0 Å². The molecule has 0 aliphatic heterocycles. The minimum absolute atomic E-state index is 0.421. The van der Waals surface area contributed by atoms with Gasteiger partial charge in [0.15, 0.2) is 5.11 Å². The van der Waals surface area contributed by atoms with E-state index in [9.17, 15) is 0 Å². The fourth-order valence-electron chi connectivity index (χ4n) is 1.16. The Bertz CT molecular complexity index is 452. The van der Waals surface area contributed by atoms with Crippen molar-refractivity contribution in [1.29, 1.82) is 5.26 Å². The van der Waals surface area contributed by atoms with Crippen molar-refractivity contribution in [1.82, 2.24) is 5.32 Å². The Morgan fingerprint density at radius 3 is 2.76 bits per heavy atom. The van der Waals surface area contributed by atoms with Gasteiger partial charge in [0.2, 0.25) is 0 Å². The molecule has 0 aromatic heterocycles. The van der Waals surface area contributed by atoms with Crippen LogP contribution in [0.25, 0.3) is 0 Å². The first-order valence-electron chi connectivity index (χ1n) is 5.27. The van der Waals surface area contributed by atoms with Crippen molar-refractivity contribution in [3.05, 3.63) is 28.8 Å². The first kappa shape index (κ1) is 13.8. The zero-order valence-electron chi connectivity index (χ0n) is 9.75. The molecule has 0 heterocycles. The second-order valence-electron chi connectivity index (χ2n) is 4.04. The smallest absolute Gasteiger partial charge is 0.170 e. The van der Waals surface area contributed by atoms with Crippen LogP contribution in [0.1, 0.15) is 19.4 Å². The van der Waals surface area contributed by atoms with E-state index in [4.69, 9.17) is 29.1 Å². The monoisotopic (exact) mass is 267 g/mol. The van der Waals surface area contributed by atoms with Gasteiger partial charge in [-0.3, -0.25) is 0 Å². The van der Waals surface area contributed by atoms with E-state index in [0.717, 1.165) is 12.2 Å². The Morgan fingerprint density at radius 2 is 2.24 bits per heavy atom. The lowest BCUT2D eigenvalue weighted by molar-refractivity contribution is 0.627. The van der Waals surface area contributed by atoms with Crippen LogP contribution >= 0.6 is 23.8 Å². The summed E-state index contributed by atoms with van der Waals surface area (Å²) >= 11 is 11.0. The van der Waals surface area contributed by atoms with E-state index >= 15 is 0 Å². The summed E-state index contributed by atoms with van der Waals surface area (Å²) in [5, 5.41) is 15.8. The fourth-order valence-corrected chi connectivity index (χ4v) is 1.58. The van der Waals surface area contributed by atoms with Crippen LogP contribution in [0.2, 0.25) is 5.02 Å². The van der Waals surface area contributed by atoms with E-state index in [1.165, 1.54) is 0 Å². The molecule has 2 N–H and O–H groups in total. The van der Waals surface area contributed by atoms with E-state index in [1.54, 1.807) is 18.2 Å². The molecule has 0 atom stereocenters. The molecule has 0 unspecified atom stereocenters. The highest BCUT2D eigenvalue weighted by Gasteiger charge is 2.03. The minimum atomic E-state index is 0.421. The Balaban J connectivity index is 2.61. The molecule has 3 nitrogen and oxygen atoms in total. The number of thiocarbonyl (C=S) groups is 1. The molecule has 90 valence electrons. The van der Waals surface area contributed by atoms with Crippen LogP contribution in [0.3, 0.4) is 0 Å². The van der Waals surface area contributed by atoms with Gasteiger partial charge in [-0.2, -0.15) is 5.26 Å². The summed E-state index contributed by atoms with van der Waals surface area (Å²) in [6.45, 7) is 5.03. The minimum Gasteiger partial charge on any atom is -0.362 e. The van der Waals surface area contributed by atoms with Gasteiger partial charge < -0.3 is 10.6 Å². The lowest BCUT2D eigenvalue weighted by Gasteiger charge is -2.12. The largest absolute Gasteiger partial charge is 0.362 e. The molecule has 0 bridgehead atoms. The summed E-state index contributed by atoms with van der Waals surface area (Å²) in [6.07, 6.45) is 0. The maximum absolute atomic E-state index is 8.74. The fraction of sp³-hybridized carbons (Fsp3) is 0.333. The zero-order chi connectivity index (χ0) is 12.8. The van der Waals surface area contributed by atoms with Crippen LogP contribution in [-0.2, 0) is 0 Å². The molecular formula is C12H14ClN3S. The molecule has 0 saturated heterocycles. The third-order valence-electron chi connectivity index (χ3n) is 2.02. The molecule has 5 heteroatoms. The number of nitrogens with zero attached hydrogens (tertiary/aromatic N) is 1. The predicted molar refractivity (Wildman–Crippen MR) is 75.2 cm³/mol. The van der Waals surface area contributed by atoms with Gasteiger partial charge in [-0.1, -0.05) is 25.4 Å². The van der Waals surface area contributed by atoms with Crippen LogP contribution in [0.4, 0.5) is 5.69 Å². The van der Waals surface area contributed by atoms with Crippen molar-refractivity contribution >= 4 is 34.6 Å². The van der Waals surface area contributed by atoms with Crippen LogP contribution in [-0.4, -0.2) is 11.7 Å². The maximum Gasteiger partial charge on any atom is 0.170 e. The van der Waals surface area contributed by atoms with Gasteiger partial charge in [-0.15, -0.1) is 0 Å². The van der Waals surface area contributed by atoms with Gasteiger partial charge in [-0.05, 0) is 36.3 Å². The summed E-state index contributed by atoms with van der Waals surface area (Å²) in [5.74, 6) is 0.527. The molecule has 1 aromatic carbocycles. The van der Waals surface area contributed by atoms with Gasteiger partial charge >= 0.3 is 0 Å². The first-order chi connectivity index (χ1) is 8.02. The van der Waals surface area contributed by atoms with Crippen molar-refractivity contribution in [2.45, 2.75) is 13.8 Å². The Labute approximate surface area is 112 Å². The Kier molecular flexibility index (Phi) is 5.20. The number of hydrogen-bond donors (Lipinski definition) is 2. The molecule has 0 saturated carbocycles. The lowest BCUT2D eigenvalue weighted by Crippen LogP contribution is -2.31. The molecular weight excluding hydrogens is 254 g/mol. The quantitative estimate of drug-likeness (QED) is 0.826. The van der Waals surface area contributed by atoms with Crippen LogP contribution in [0.15, 0.2) is 18.2 Å². The first-order valence-corrected chi connectivity index (χ1v) is 6.06. The predicted octanol–water partition coefficient (Wildman–Crippen LogP) is 3.15. The SMILES string of the molecule is CC(C)CNC(=S)Nc1ccc(C#N)c(Cl)c1. The van der Waals surface area contributed by atoms with Gasteiger partial charge in [0.1, 0.15) is 6.07 Å². The number of nitriles is 1. The van der Waals surface area contributed by atoms with Gasteiger partial charge in [0.25, 0.3) is 0 Å². The number of rotatable bonds is 3. The number of benzene rings is 1. The zero-order valence-corrected chi connectivity index (χ0v) is 11.3. The van der Waals surface area contributed by atoms with Gasteiger partial charge in [-0.25, -0.2) is 0 Å². The summed E-state index contributed by atoms with van der Waals surface area (Å²) < 4.78 is 0. The van der Waals surface area contributed by atoms with E-state index in [2.05, 4.69) is 24.5 Å². The van der Waals surface area contributed by atoms with E-state index < -0.39 is 0 Å². The Morgan fingerprint density at radius 1 is 1.53 bits per heavy atom. The van der Waals surface area contributed by atoms with Crippen molar-refractivity contribution in [2.24, 2.45) is 5.92 Å². The van der Waals surface area contributed by atoms with Crippen molar-refractivity contribution in [3.8, 4) is 6.07 Å². The number of anilines is 1. The average Bonchev–Trinajstić information content (AvgIpc) is 2.26. The molecule has 0 fully saturated rings. The number of halogens is 1.